The van der Waals surface area contributed by atoms with E-state index in [4.69, 9.17) is 5.73 Å². The molecule has 0 saturated heterocycles. The second kappa shape index (κ2) is 7.35. The largest absolute Gasteiger partial charge is 0.368 e. The molecule has 2 N–H and O–H groups in total. The van der Waals surface area contributed by atoms with Crippen molar-refractivity contribution in [2.24, 2.45) is 12.8 Å². The lowest BCUT2D eigenvalue weighted by Crippen LogP contribution is -2.42. The maximum atomic E-state index is 13.4. The summed E-state index contributed by atoms with van der Waals surface area (Å²) in [4.78, 5) is 41.9. The number of carbonyl (C=O) groups excluding carboxylic acids is 1. The Hall–Kier alpha value is -4.02. The Balaban J connectivity index is 2.07. The molecule has 0 unspecified atom stereocenters. The minimum Gasteiger partial charge on any atom is -0.368 e. The van der Waals surface area contributed by atoms with Crippen LogP contribution in [0.2, 0.25) is 0 Å². The predicted octanol–water partition coefficient (Wildman–Crippen LogP) is 0.372. The zero-order chi connectivity index (χ0) is 22.4. The Morgan fingerprint density at radius 1 is 1.13 bits per heavy atom. The summed E-state index contributed by atoms with van der Waals surface area (Å²) < 4.78 is 18.5. The molecular weight excluding hydrogens is 405 g/mol. The summed E-state index contributed by atoms with van der Waals surface area (Å²) in [6, 6.07) is 7.68. The van der Waals surface area contributed by atoms with Gasteiger partial charge >= 0.3 is 5.69 Å². The fraction of sp³-hybridized carbons (Fsp3) is 0.250. The van der Waals surface area contributed by atoms with Gasteiger partial charge in [0.2, 0.25) is 11.9 Å². The molecule has 1 amide bonds. The molecule has 4 rings (SSSR count). The summed E-state index contributed by atoms with van der Waals surface area (Å²) in [6.45, 7) is 3.27. The third-order valence-corrected chi connectivity index (χ3v) is 4.98. The summed E-state index contributed by atoms with van der Waals surface area (Å²) in [5, 5.41) is 4.45. The minimum absolute atomic E-state index is 0.107. The number of amides is 1. The van der Waals surface area contributed by atoms with Crippen LogP contribution in [0.1, 0.15) is 17.0 Å². The first-order valence-corrected chi connectivity index (χ1v) is 9.44. The number of imidazole rings is 1. The Morgan fingerprint density at radius 3 is 2.39 bits per heavy atom. The monoisotopic (exact) mass is 425 g/mol. The molecular formula is C20H20FN7O3. The molecule has 0 aliphatic heterocycles. The van der Waals surface area contributed by atoms with Gasteiger partial charge in [0, 0.05) is 12.7 Å². The number of halogens is 1. The van der Waals surface area contributed by atoms with Crippen LogP contribution in [0, 0.1) is 19.7 Å². The van der Waals surface area contributed by atoms with Gasteiger partial charge in [-0.05, 0) is 37.6 Å². The molecule has 1 aromatic carbocycles. The van der Waals surface area contributed by atoms with Gasteiger partial charge in [0.15, 0.2) is 11.2 Å². The third-order valence-electron chi connectivity index (χ3n) is 4.98. The van der Waals surface area contributed by atoms with Gasteiger partial charge in [-0.15, -0.1) is 0 Å². The van der Waals surface area contributed by atoms with E-state index in [1.54, 1.807) is 21.4 Å². The highest BCUT2D eigenvalue weighted by Gasteiger charge is 2.23. The number of nitrogens with zero attached hydrogens (tertiary/aromatic N) is 6. The maximum Gasteiger partial charge on any atom is 0.332 e. The van der Waals surface area contributed by atoms with Gasteiger partial charge in [-0.25, -0.2) is 18.4 Å². The number of hydrogen-bond acceptors (Lipinski definition) is 5. The molecule has 0 radical (unpaired) electrons. The van der Waals surface area contributed by atoms with Crippen molar-refractivity contribution in [2.45, 2.75) is 26.9 Å². The van der Waals surface area contributed by atoms with E-state index in [0.29, 0.717) is 11.5 Å². The molecule has 11 heteroatoms. The molecule has 10 nitrogen and oxygen atoms in total. The molecule has 0 bridgehead atoms. The fourth-order valence-electron chi connectivity index (χ4n) is 3.57. The van der Waals surface area contributed by atoms with Gasteiger partial charge in [0.25, 0.3) is 5.56 Å². The molecule has 0 atom stereocenters. The van der Waals surface area contributed by atoms with E-state index in [0.717, 1.165) is 16.0 Å². The number of fused-ring (bicyclic) bond motifs is 1. The van der Waals surface area contributed by atoms with E-state index in [-0.39, 0.29) is 23.5 Å². The number of benzene rings is 1. The van der Waals surface area contributed by atoms with Crippen molar-refractivity contribution < 1.29 is 9.18 Å². The van der Waals surface area contributed by atoms with Gasteiger partial charge < -0.3 is 5.73 Å². The van der Waals surface area contributed by atoms with Gasteiger partial charge in [-0.2, -0.15) is 10.1 Å². The molecule has 0 fully saturated rings. The van der Waals surface area contributed by atoms with Crippen molar-refractivity contribution in [2.75, 3.05) is 0 Å². The Morgan fingerprint density at radius 2 is 1.81 bits per heavy atom. The minimum atomic E-state index is -0.818. The quantitative estimate of drug-likeness (QED) is 0.495. The topological polar surface area (TPSA) is 123 Å². The fourth-order valence-corrected chi connectivity index (χ4v) is 3.57. The zero-order valence-electron chi connectivity index (χ0n) is 17.2. The van der Waals surface area contributed by atoms with Gasteiger partial charge in [-0.3, -0.25) is 18.7 Å². The van der Waals surface area contributed by atoms with E-state index in [1.807, 2.05) is 19.9 Å². The molecule has 0 saturated carbocycles. The third kappa shape index (κ3) is 3.43. The first-order valence-electron chi connectivity index (χ1n) is 9.44. The SMILES string of the molecule is Cc1cc(C)n(-c2nc3c(c(=O)n(CC(N)=O)c(=O)n3C)n2Cc2ccc(F)cc2)n1. The second-order valence-corrected chi connectivity index (χ2v) is 7.33. The maximum absolute atomic E-state index is 13.4. The van der Waals surface area contributed by atoms with Crippen LogP contribution < -0.4 is 17.0 Å². The molecule has 4 aromatic rings. The normalized spacial score (nSPS) is 11.4. The summed E-state index contributed by atoms with van der Waals surface area (Å²) in [5.74, 6) is -0.889. The molecule has 3 aromatic heterocycles. The number of aryl methyl sites for hydroxylation is 3. The number of hydrogen-bond donors (Lipinski definition) is 1. The van der Waals surface area contributed by atoms with Gasteiger partial charge in [0.1, 0.15) is 12.4 Å². The molecule has 160 valence electrons. The number of carbonyl (C=O) groups is 1. The number of primary amides is 1. The smallest absolute Gasteiger partial charge is 0.332 e. The number of nitrogens with two attached hydrogens (primary N) is 1. The molecule has 0 aliphatic carbocycles. The predicted molar refractivity (Wildman–Crippen MR) is 111 cm³/mol. The van der Waals surface area contributed by atoms with Crippen molar-refractivity contribution in [1.82, 2.24) is 28.5 Å². The average Bonchev–Trinajstić information content (AvgIpc) is 3.24. The van der Waals surface area contributed by atoms with Crippen LogP contribution in [0.5, 0.6) is 0 Å². The van der Waals surface area contributed by atoms with Crippen molar-refractivity contribution >= 4 is 17.1 Å². The summed E-state index contributed by atoms with van der Waals surface area (Å²) in [5.41, 5.74) is 6.31. The summed E-state index contributed by atoms with van der Waals surface area (Å²) in [6.07, 6.45) is 0. The van der Waals surface area contributed by atoms with Crippen LogP contribution >= 0.6 is 0 Å². The van der Waals surface area contributed by atoms with E-state index < -0.39 is 23.7 Å². The van der Waals surface area contributed by atoms with Crippen molar-refractivity contribution in [3.05, 3.63) is 73.9 Å². The lowest BCUT2D eigenvalue weighted by atomic mass is 10.2. The number of rotatable bonds is 5. The van der Waals surface area contributed by atoms with E-state index in [2.05, 4.69) is 10.1 Å². The molecule has 0 aliphatic rings. The van der Waals surface area contributed by atoms with Crippen LogP contribution in [0.15, 0.2) is 39.9 Å². The summed E-state index contributed by atoms with van der Waals surface area (Å²) in [7, 11) is 1.46. The van der Waals surface area contributed by atoms with Crippen LogP contribution in [0.4, 0.5) is 4.39 Å². The highest BCUT2D eigenvalue weighted by Crippen LogP contribution is 2.19. The standard InChI is InChI=1S/C20H20FN7O3/c1-11-8-12(2)28(24-11)19-23-17-16(26(19)9-13-4-6-14(21)7-5-13)18(30)27(10-15(22)29)20(31)25(17)3/h4-8H,9-10H2,1-3H3,(H2,22,29). The second-order valence-electron chi connectivity index (χ2n) is 7.33. The average molecular weight is 425 g/mol. The van der Waals surface area contributed by atoms with E-state index in [9.17, 15) is 18.8 Å². The van der Waals surface area contributed by atoms with Crippen molar-refractivity contribution in [3.63, 3.8) is 0 Å². The van der Waals surface area contributed by atoms with Gasteiger partial charge in [-0.1, -0.05) is 12.1 Å². The first kappa shape index (κ1) is 20.3. The first-order chi connectivity index (χ1) is 14.7. The van der Waals surface area contributed by atoms with E-state index >= 15 is 0 Å². The summed E-state index contributed by atoms with van der Waals surface area (Å²) >= 11 is 0. The highest BCUT2D eigenvalue weighted by atomic mass is 19.1. The zero-order valence-corrected chi connectivity index (χ0v) is 17.2. The van der Waals surface area contributed by atoms with Crippen molar-refractivity contribution in [1.29, 1.82) is 0 Å². The van der Waals surface area contributed by atoms with E-state index in [1.165, 1.54) is 23.7 Å². The molecule has 31 heavy (non-hydrogen) atoms. The van der Waals surface area contributed by atoms with Crippen LogP contribution in [0.25, 0.3) is 17.1 Å². The van der Waals surface area contributed by atoms with Gasteiger partial charge in [0.05, 0.1) is 12.2 Å². The molecule has 0 spiro atoms. The Bertz CT molecular complexity index is 1440. The van der Waals surface area contributed by atoms with Crippen molar-refractivity contribution in [3.8, 4) is 5.95 Å². The lowest BCUT2D eigenvalue weighted by molar-refractivity contribution is -0.118. The molecule has 3 heterocycles. The Kier molecular flexibility index (Phi) is 4.80. The van der Waals surface area contributed by atoms with Crippen LogP contribution in [-0.2, 0) is 24.9 Å². The van der Waals surface area contributed by atoms with Crippen LogP contribution in [0.3, 0.4) is 0 Å². The Labute approximate surface area is 175 Å². The lowest BCUT2D eigenvalue weighted by Gasteiger charge is -2.11. The highest BCUT2D eigenvalue weighted by molar-refractivity contribution is 5.75. The van der Waals surface area contributed by atoms with Crippen LogP contribution in [-0.4, -0.2) is 34.4 Å². The number of aromatic nitrogens is 6.